The third-order valence-corrected chi connectivity index (χ3v) is 7.67. The van der Waals surface area contributed by atoms with Gasteiger partial charge in [-0.25, -0.2) is 0 Å². The van der Waals surface area contributed by atoms with Crippen molar-refractivity contribution in [1.29, 1.82) is 0 Å². The van der Waals surface area contributed by atoms with Gasteiger partial charge in [-0.1, -0.05) is 13.8 Å². The molecule has 0 spiro atoms. The maximum Gasteiger partial charge on any atom is 0.231 e. The van der Waals surface area contributed by atoms with Gasteiger partial charge in [0.15, 0.2) is 0 Å². The number of hydrogen-bond donors (Lipinski definition) is 1. The lowest BCUT2D eigenvalue weighted by molar-refractivity contribution is -0.125. The van der Waals surface area contributed by atoms with Crippen molar-refractivity contribution >= 4 is 28.8 Å². The molecule has 2 fully saturated rings. The first-order valence-corrected chi connectivity index (χ1v) is 13.0. The number of aromatic nitrogens is 1. The van der Waals surface area contributed by atoms with E-state index in [-0.39, 0.29) is 18.1 Å². The fourth-order valence-electron chi connectivity index (χ4n) is 5.86. The summed E-state index contributed by atoms with van der Waals surface area (Å²) in [6.45, 7) is 7.97. The zero-order valence-electron chi connectivity index (χ0n) is 20.8. The number of Topliss-reactive ketones (excluding diaryl/α,β-unsaturated/α-hetero) is 1. The van der Waals surface area contributed by atoms with Crippen molar-refractivity contribution in [1.82, 2.24) is 4.98 Å². The maximum absolute atomic E-state index is 12.1. The van der Waals surface area contributed by atoms with Crippen molar-refractivity contribution in [2.24, 2.45) is 39.8 Å². The Bertz CT molecular complexity index is 940. The molecule has 0 radical (unpaired) electrons. The number of pyridine rings is 1. The fourth-order valence-corrected chi connectivity index (χ4v) is 5.86. The number of rotatable bonds is 10. The lowest BCUT2D eigenvalue weighted by atomic mass is 9.75. The largest absolute Gasteiger partial charge is 0.381 e. The van der Waals surface area contributed by atoms with Crippen LogP contribution >= 0.6 is 0 Å². The van der Waals surface area contributed by atoms with E-state index in [1.807, 2.05) is 19.1 Å². The molecule has 0 bridgehead atoms. The van der Waals surface area contributed by atoms with E-state index in [1.165, 1.54) is 12.8 Å². The van der Waals surface area contributed by atoms with Gasteiger partial charge in [0.05, 0.1) is 29.7 Å². The Kier molecular flexibility index (Phi) is 8.24. The molecule has 2 aliphatic carbocycles. The van der Waals surface area contributed by atoms with Crippen LogP contribution in [0, 0.1) is 29.6 Å². The van der Waals surface area contributed by atoms with Crippen LogP contribution in [0.3, 0.4) is 0 Å². The number of carbonyl (C=O) groups is 2. The van der Waals surface area contributed by atoms with Crippen LogP contribution in [-0.2, 0) is 14.3 Å². The van der Waals surface area contributed by atoms with Crippen LogP contribution in [0.1, 0.15) is 77.8 Å². The molecule has 0 aromatic carbocycles. The minimum atomic E-state index is -0.292. The normalized spacial score (nSPS) is 27.9. The minimum Gasteiger partial charge on any atom is -0.381 e. The number of anilines is 1. The third kappa shape index (κ3) is 5.80. The van der Waals surface area contributed by atoms with Gasteiger partial charge in [-0.15, -0.1) is 0 Å². The summed E-state index contributed by atoms with van der Waals surface area (Å²) in [5.74, 6) is 2.71. The molecule has 1 amide bonds. The highest BCUT2D eigenvalue weighted by Crippen LogP contribution is 2.55. The maximum atomic E-state index is 12.1. The van der Waals surface area contributed by atoms with Gasteiger partial charge in [0.1, 0.15) is 5.78 Å². The summed E-state index contributed by atoms with van der Waals surface area (Å²) in [7, 11) is 0. The van der Waals surface area contributed by atoms with E-state index in [1.54, 1.807) is 6.20 Å². The van der Waals surface area contributed by atoms with Gasteiger partial charge in [0.25, 0.3) is 0 Å². The number of amides is 1. The second-order valence-corrected chi connectivity index (χ2v) is 10.1. The number of carbonyl (C=O) groups excluding carboxylic acids is 2. The van der Waals surface area contributed by atoms with E-state index in [4.69, 9.17) is 4.74 Å². The van der Waals surface area contributed by atoms with Crippen LogP contribution in [0.2, 0.25) is 0 Å². The number of ether oxygens (including phenoxy) is 1. The molecular formula is C27H38N4O3. The van der Waals surface area contributed by atoms with E-state index >= 15 is 0 Å². The van der Waals surface area contributed by atoms with E-state index in [2.05, 4.69) is 34.4 Å². The Hall–Kier alpha value is -2.41. The highest BCUT2D eigenvalue weighted by atomic mass is 16.5. The highest BCUT2D eigenvalue weighted by Gasteiger charge is 2.51. The first-order valence-electron chi connectivity index (χ1n) is 13.0. The summed E-state index contributed by atoms with van der Waals surface area (Å²) < 4.78 is 5.88. The minimum absolute atomic E-state index is 0.0400. The van der Waals surface area contributed by atoms with Crippen molar-refractivity contribution in [3.63, 3.8) is 0 Å². The highest BCUT2D eigenvalue weighted by molar-refractivity contribution is 6.06. The average molecular weight is 467 g/mol. The summed E-state index contributed by atoms with van der Waals surface area (Å²) in [6.07, 6.45) is 8.51. The number of ketones is 1. The molecule has 7 heteroatoms. The van der Waals surface area contributed by atoms with Gasteiger partial charge in [-0.05, 0) is 75.3 Å². The molecule has 2 heterocycles. The predicted octanol–water partition coefficient (Wildman–Crippen LogP) is 5.05. The standard InChI is InChI=1S/C27H38N4O3/c1-4-6-19(32)14-26(33)29-18-7-12-25(28-15-18)27-23-11-10-22-21(24(22)16-34-13-5-2)9-8-20(23)17(3)30-31-27/h7,12,15,20-24H,4-6,8-11,13-14,16H2,1-3H3,(H,29,33)/t20-,21+,22-,23+,24-/m0/s1. The van der Waals surface area contributed by atoms with E-state index in [0.717, 1.165) is 73.8 Å². The summed E-state index contributed by atoms with van der Waals surface area (Å²) >= 11 is 0. The quantitative estimate of drug-likeness (QED) is 0.386. The van der Waals surface area contributed by atoms with Gasteiger partial charge >= 0.3 is 0 Å². The molecule has 5 atom stereocenters. The third-order valence-electron chi connectivity index (χ3n) is 7.67. The summed E-state index contributed by atoms with van der Waals surface area (Å²) in [4.78, 5) is 28.4. The van der Waals surface area contributed by atoms with Crippen molar-refractivity contribution in [3.05, 3.63) is 24.0 Å². The van der Waals surface area contributed by atoms with Crippen molar-refractivity contribution in [2.45, 2.75) is 72.1 Å². The SMILES string of the molecule is CCCOC[C@H]1[C@@H]2CC[C@H]3C(C)=NN=C(c4ccc(NC(=O)CC(=O)CCC)cn4)[C@@H]3CC[C@@H]21. The Morgan fingerprint density at radius 2 is 1.79 bits per heavy atom. The zero-order valence-corrected chi connectivity index (χ0v) is 20.8. The molecule has 4 rings (SSSR count). The molecule has 1 N–H and O–H groups in total. The smallest absolute Gasteiger partial charge is 0.231 e. The van der Waals surface area contributed by atoms with Crippen LogP contribution in [0.5, 0.6) is 0 Å². The lowest BCUT2D eigenvalue weighted by Gasteiger charge is -2.31. The topological polar surface area (TPSA) is 93.0 Å². The first-order chi connectivity index (χ1) is 16.5. The zero-order chi connectivity index (χ0) is 24.1. The molecular weight excluding hydrogens is 428 g/mol. The fraction of sp³-hybridized carbons (Fsp3) is 0.667. The van der Waals surface area contributed by atoms with Crippen LogP contribution in [0.25, 0.3) is 0 Å². The Morgan fingerprint density at radius 3 is 2.47 bits per heavy atom. The van der Waals surface area contributed by atoms with Gasteiger partial charge in [-0.2, -0.15) is 10.2 Å². The molecule has 1 aromatic rings. The van der Waals surface area contributed by atoms with Crippen molar-refractivity contribution in [2.75, 3.05) is 18.5 Å². The Balaban J connectivity index is 1.40. The molecule has 0 saturated heterocycles. The molecule has 34 heavy (non-hydrogen) atoms. The lowest BCUT2D eigenvalue weighted by Crippen LogP contribution is -2.33. The summed E-state index contributed by atoms with van der Waals surface area (Å²) in [6, 6.07) is 3.75. The van der Waals surface area contributed by atoms with Gasteiger partial charge in [0.2, 0.25) is 5.91 Å². The Labute approximate surface area is 202 Å². The molecule has 7 nitrogen and oxygen atoms in total. The number of fused-ring (bicyclic) bond motifs is 2. The number of hydrogen-bond acceptors (Lipinski definition) is 6. The van der Waals surface area contributed by atoms with E-state index < -0.39 is 0 Å². The average Bonchev–Trinajstić information content (AvgIpc) is 3.45. The van der Waals surface area contributed by atoms with Gasteiger partial charge in [0, 0.05) is 37.2 Å². The molecule has 184 valence electrons. The molecule has 0 unspecified atom stereocenters. The number of nitrogens with one attached hydrogen (secondary N) is 1. The molecule has 3 aliphatic rings. The molecule has 1 aliphatic heterocycles. The van der Waals surface area contributed by atoms with E-state index in [9.17, 15) is 9.59 Å². The van der Waals surface area contributed by atoms with Crippen LogP contribution in [-0.4, -0.2) is 41.3 Å². The van der Waals surface area contributed by atoms with Crippen molar-refractivity contribution < 1.29 is 14.3 Å². The Morgan fingerprint density at radius 1 is 1.03 bits per heavy atom. The molecule has 2 saturated carbocycles. The molecule has 1 aromatic heterocycles. The van der Waals surface area contributed by atoms with Crippen LogP contribution in [0.15, 0.2) is 28.5 Å². The van der Waals surface area contributed by atoms with Crippen LogP contribution < -0.4 is 5.32 Å². The van der Waals surface area contributed by atoms with Gasteiger partial charge in [-0.3, -0.25) is 14.6 Å². The number of nitrogens with zero attached hydrogens (tertiary/aromatic N) is 3. The van der Waals surface area contributed by atoms with E-state index in [0.29, 0.717) is 23.9 Å². The monoisotopic (exact) mass is 466 g/mol. The second kappa shape index (κ2) is 11.3. The first kappa shape index (κ1) is 24.7. The summed E-state index contributed by atoms with van der Waals surface area (Å²) in [5, 5.41) is 11.9. The predicted molar refractivity (Wildman–Crippen MR) is 134 cm³/mol. The van der Waals surface area contributed by atoms with Crippen LogP contribution in [0.4, 0.5) is 5.69 Å². The second-order valence-electron chi connectivity index (χ2n) is 10.1. The van der Waals surface area contributed by atoms with Gasteiger partial charge < -0.3 is 10.1 Å². The van der Waals surface area contributed by atoms with Crippen molar-refractivity contribution in [3.8, 4) is 0 Å². The summed E-state index contributed by atoms with van der Waals surface area (Å²) in [5.41, 5.74) is 3.51.